The van der Waals surface area contributed by atoms with Gasteiger partial charge in [-0.25, -0.2) is 0 Å². The van der Waals surface area contributed by atoms with Gasteiger partial charge in [0.15, 0.2) is 0 Å². The van der Waals surface area contributed by atoms with Crippen molar-refractivity contribution in [1.29, 1.82) is 0 Å². The Kier molecular flexibility index (Phi) is 4.14. The van der Waals surface area contributed by atoms with Gasteiger partial charge in [-0.2, -0.15) is 0 Å². The Bertz CT molecular complexity index is 95.0. The van der Waals surface area contributed by atoms with Crippen LogP contribution in [0, 0.1) is 0 Å². The third-order valence-corrected chi connectivity index (χ3v) is 0.786. The number of rotatable bonds is 3. The Hall–Kier alpha value is -0.505. The van der Waals surface area contributed by atoms with Crippen molar-refractivity contribution in [2.45, 2.75) is 26.3 Å². The summed E-state index contributed by atoms with van der Waals surface area (Å²) in [6, 6.07) is 0. The molecule has 0 saturated heterocycles. The molecule has 1 amide bonds. The summed E-state index contributed by atoms with van der Waals surface area (Å²) in [5.74, 6) is -0.146. The Morgan fingerprint density at radius 3 is 2.78 bits per heavy atom. The molecule has 1 atom stereocenters. The van der Waals surface area contributed by atoms with Crippen LogP contribution in [0.5, 0.6) is 0 Å². The van der Waals surface area contributed by atoms with E-state index in [1.165, 1.54) is 0 Å². The zero-order valence-corrected chi connectivity index (χ0v) is 5.72. The lowest BCUT2D eigenvalue weighted by Gasteiger charge is -2.02. The average Bonchev–Trinajstić information content (AvgIpc) is 1.63. The maximum absolute atomic E-state index is 10.6. The summed E-state index contributed by atoms with van der Waals surface area (Å²) in [4.78, 5) is 10.6. The molecule has 0 spiro atoms. The van der Waals surface area contributed by atoms with E-state index < -0.39 is 6.10 Å². The maximum Gasteiger partial charge on any atom is 0.242 e. The molecule has 0 rings (SSSR count). The summed E-state index contributed by atoms with van der Waals surface area (Å²) in [5, 5.41) is 11.1. The van der Waals surface area contributed by atoms with Crippen molar-refractivity contribution in [2.75, 3.05) is 0 Å². The number of aliphatic hydroxyl groups is 1. The first-order valence-corrected chi connectivity index (χ1v) is 2.92. The lowest BCUT2D eigenvalue weighted by atomic mass is 10.00. The van der Waals surface area contributed by atoms with E-state index in [1.54, 1.807) is 21.2 Å². The molecule has 3 nitrogen and oxygen atoms in total. The van der Waals surface area contributed by atoms with Crippen LogP contribution in [0.15, 0.2) is 0 Å². The van der Waals surface area contributed by atoms with Gasteiger partial charge in [0.1, 0.15) is 0 Å². The molecule has 0 aliphatic heterocycles. The molecule has 0 heterocycles. The maximum atomic E-state index is 10.6. The van der Waals surface area contributed by atoms with Crippen LogP contribution in [0.3, 0.4) is 0 Å². The summed E-state index contributed by atoms with van der Waals surface area (Å²) >= 11 is 0. The fourth-order valence-electron chi connectivity index (χ4n) is 0.488. The average molecular weight is 128 g/mol. The lowest BCUT2D eigenvalue weighted by molar-refractivity contribution is -0.121. The van der Waals surface area contributed by atoms with E-state index in [4.69, 9.17) is 5.11 Å². The van der Waals surface area contributed by atoms with Gasteiger partial charge in [-0.3, -0.25) is 4.79 Å². The predicted molar refractivity (Wildman–Crippen MR) is 36.1 cm³/mol. The van der Waals surface area contributed by atoms with Gasteiger partial charge in [0.2, 0.25) is 13.3 Å². The third-order valence-electron chi connectivity index (χ3n) is 0.786. The largest absolute Gasteiger partial charge is 0.404 e. The van der Waals surface area contributed by atoms with Crippen LogP contribution in [0.25, 0.3) is 0 Å². The van der Waals surface area contributed by atoms with E-state index in [2.05, 4.69) is 5.23 Å². The van der Waals surface area contributed by atoms with Crippen molar-refractivity contribution < 1.29 is 9.90 Å². The number of amides is 1. The van der Waals surface area contributed by atoms with E-state index in [0.29, 0.717) is 0 Å². The molecule has 0 bridgehead atoms. The van der Waals surface area contributed by atoms with Gasteiger partial charge in [-0.15, -0.1) is 0 Å². The summed E-state index contributed by atoms with van der Waals surface area (Å²) in [5.41, 5.74) is 0. The van der Waals surface area contributed by atoms with E-state index >= 15 is 0 Å². The minimum absolute atomic E-state index is 0.146. The van der Waals surface area contributed by atoms with Crippen LogP contribution in [0.4, 0.5) is 0 Å². The van der Waals surface area contributed by atoms with Gasteiger partial charge in [0, 0.05) is 0 Å². The Labute approximate surface area is 55.7 Å². The zero-order valence-electron chi connectivity index (χ0n) is 5.72. The normalized spacial score (nSPS) is 12.3. The van der Waals surface area contributed by atoms with Crippen LogP contribution < -0.4 is 5.23 Å². The van der Waals surface area contributed by atoms with E-state index in [9.17, 15) is 4.79 Å². The molecule has 0 aliphatic rings. The SMILES string of the molecule is C[B]NC(=O)CC(C)O. The highest BCUT2D eigenvalue weighted by molar-refractivity contribution is 6.35. The van der Waals surface area contributed by atoms with Gasteiger partial charge < -0.3 is 10.3 Å². The zero-order chi connectivity index (χ0) is 7.28. The smallest absolute Gasteiger partial charge is 0.242 e. The second-order valence-electron chi connectivity index (χ2n) is 1.91. The number of nitrogens with one attached hydrogen (secondary N) is 1. The van der Waals surface area contributed by atoms with Crippen LogP contribution in [-0.4, -0.2) is 24.5 Å². The summed E-state index contributed by atoms with van der Waals surface area (Å²) < 4.78 is 0. The number of hydrogen-bond acceptors (Lipinski definition) is 2. The van der Waals surface area contributed by atoms with E-state index in [-0.39, 0.29) is 12.3 Å². The lowest BCUT2D eigenvalue weighted by Crippen LogP contribution is -2.27. The second-order valence-corrected chi connectivity index (χ2v) is 1.91. The summed E-state index contributed by atoms with van der Waals surface area (Å²) in [7, 11) is 1.55. The van der Waals surface area contributed by atoms with E-state index in [1.807, 2.05) is 0 Å². The number of carbonyl (C=O) groups excluding carboxylic acids is 1. The highest BCUT2D eigenvalue weighted by Crippen LogP contribution is 1.86. The topological polar surface area (TPSA) is 49.3 Å². The molecule has 51 valence electrons. The van der Waals surface area contributed by atoms with E-state index in [0.717, 1.165) is 0 Å². The monoisotopic (exact) mass is 128 g/mol. The molecule has 0 aromatic carbocycles. The van der Waals surface area contributed by atoms with Gasteiger partial charge in [-0.05, 0) is 6.92 Å². The molecule has 9 heavy (non-hydrogen) atoms. The molecule has 1 unspecified atom stereocenters. The molecule has 0 fully saturated rings. The van der Waals surface area contributed by atoms with Crippen molar-refractivity contribution >= 4 is 13.3 Å². The number of hydrogen-bond donors (Lipinski definition) is 2. The molecule has 0 saturated carbocycles. The Balaban J connectivity index is 3.27. The summed E-state index contributed by atoms with van der Waals surface area (Å²) in [6.07, 6.45) is -0.380. The fourth-order valence-corrected chi connectivity index (χ4v) is 0.488. The van der Waals surface area contributed by atoms with Crippen LogP contribution in [0.1, 0.15) is 13.3 Å². The van der Waals surface area contributed by atoms with Crippen molar-refractivity contribution in [1.82, 2.24) is 5.23 Å². The second kappa shape index (κ2) is 4.38. The quantitative estimate of drug-likeness (QED) is 0.505. The van der Waals surface area contributed by atoms with Crippen molar-refractivity contribution in [3.05, 3.63) is 0 Å². The molecular formula is C5H11BNO2. The highest BCUT2D eigenvalue weighted by Gasteiger charge is 2.02. The third kappa shape index (κ3) is 5.36. The van der Waals surface area contributed by atoms with Crippen molar-refractivity contribution in [3.63, 3.8) is 0 Å². The van der Waals surface area contributed by atoms with Gasteiger partial charge in [0.25, 0.3) is 0 Å². The minimum Gasteiger partial charge on any atom is -0.404 e. The molecule has 4 heteroatoms. The summed E-state index contributed by atoms with van der Waals surface area (Å²) in [6.45, 7) is 3.30. The van der Waals surface area contributed by atoms with Crippen LogP contribution in [-0.2, 0) is 4.79 Å². The van der Waals surface area contributed by atoms with Crippen LogP contribution in [0.2, 0.25) is 6.82 Å². The molecule has 1 radical (unpaired) electrons. The first kappa shape index (κ1) is 8.49. The number of carbonyl (C=O) groups is 1. The molecule has 2 N–H and O–H groups in total. The Morgan fingerprint density at radius 2 is 2.44 bits per heavy atom. The Morgan fingerprint density at radius 1 is 1.89 bits per heavy atom. The number of aliphatic hydroxyl groups excluding tert-OH is 1. The van der Waals surface area contributed by atoms with Crippen molar-refractivity contribution in [3.8, 4) is 0 Å². The predicted octanol–water partition coefficient (Wildman–Crippen LogP) is -0.459. The van der Waals surface area contributed by atoms with Crippen molar-refractivity contribution in [2.24, 2.45) is 0 Å². The molecule has 0 aromatic heterocycles. The minimum atomic E-state index is -0.551. The molecule has 0 aromatic rings. The molecular weight excluding hydrogens is 117 g/mol. The standard InChI is InChI=1S/C5H11BNO2/c1-4(8)3-5(9)7-6-2/h4,8H,3H2,1-2H3,(H,7,9). The van der Waals surface area contributed by atoms with Gasteiger partial charge >= 0.3 is 0 Å². The fraction of sp³-hybridized carbons (Fsp3) is 0.800. The first-order valence-electron chi connectivity index (χ1n) is 2.92. The van der Waals surface area contributed by atoms with Crippen LogP contribution >= 0.6 is 0 Å². The highest BCUT2D eigenvalue weighted by atomic mass is 16.3. The van der Waals surface area contributed by atoms with Gasteiger partial charge in [-0.1, -0.05) is 6.82 Å². The first-order chi connectivity index (χ1) is 4.16. The van der Waals surface area contributed by atoms with Gasteiger partial charge in [0.05, 0.1) is 12.5 Å². The molecule has 0 aliphatic carbocycles.